The molecular formula is C24H24BrN5O. The van der Waals surface area contributed by atoms with Gasteiger partial charge in [0.2, 0.25) is 0 Å². The third kappa shape index (κ3) is 3.81. The van der Waals surface area contributed by atoms with Crippen LogP contribution >= 0.6 is 15.9 Å². The van der Waals surface area contributed by atoms with Crippen LogP contribution in [-0.4, -0.2) is 26.1 Å². The molecule has 3 aromatic heterocycles. The van der Waals surface area contributed by atoms with Crippen molar-refractivity contribution in [1.82, 2.24) is 19.4 Å². The number of imidazole rings is 1. The van der Waals surface area contributed by atoms with Gasteiger partial charge in [0.1, 0.15) is 11.3 Å². The molecule has 0 bridgehead atoms. The largest absolute Gasteiger partial charge is 0.317 e. The SMILES string of the molecule is Cc1cccc(C)c1-n1c(C)cc(/C=N\NC(=O)c2c(C)nc3ccc(Br)cn23)c1C. The number of benzene rings is 1. The van der Waals surface area contributed by atoms with Gasteiger partial charge in [0, 0.05) is 27.6 Å². The highest BCUT2D eigenvalue weighted by Gasteiger charge is 2.17. The molecule has 3 heterocycles. The molecule has 158 valence electrons. The van der Waals surface area contributed by atoms with Crippen LogP contribution in [0.4, 0.5) is 0 Å². The number of carbonyl (C=O) groups excluding carboxylic acids is 1. The summed E-state index contributed by atoms with van der Waals surface area (Å²) in [6.45, 7) is 10.2. The molecular weight excluding hydrogens is 454 g/mol. The van der Waals surface area contributed by atoms with Crippen LogP contribution < -0.4 is 5.43 Å². The molecule has 7 heteroatoms. The molecule has 1 N–H and O–H groups in total. The van der Waals surface area contributed by atoms with Gasteiger partial charge in [0.25, 0.3) is 5.91 Å². The van der Waals surface area contributed by atoms with Crippen molar-refractivity contribution in [3.63, 3.8) is 0 Å². The van der Waals surface area contributed by atoms with Crippen LogP contribution in [0, 0.1) is 34.6 Å². The summed E-state index contributed by atoms with van der Waals surface area (Å²) >= 11 is 3.44. The van der Waals surface area contributed by atoms with Crippen LogP contribution in [0.25, 0.3) is 11.3 Å². The molecule has 6 nitrogen and oxygen atoms in total. The lowest BCUT2D eigenvalue weighted by Gasteiger charge is -2.15. The first-order valence-corrected chi connectivity index (χ1v) is 10.8. The van der Waals surface area contributed by atoms with E-state index in [0.29, 0.717) is 17.0 Å². The van der Waals surface area contributed by atoms with Gasteiger partial charge in [-0.3, -0.25) is 9.20 Å². The van der Waals surface area contributed by atoms with E-state index in [1.54, 1.807) is 10.6 Å². The second-order valence-electron chi connectivity index (χ2n) is 7.72. The Kier molecular flexibility index (Phi) is 5.54. The van der Waals surface area contributed by atoms with Crippen molar-refractivity contribution in [3.8, 4) is 5.69 Å². The van der Waals surface area contributed by atoms with E-state index < -0.39 is 0 Å². The average Bonchev–Trinajstić information content (AvgIpc) is 3.17. The summed E-state index contributed by atoms with van der Waals surface area (Å²) in [5.74, 6) is -0.303. The highest BCUT2D eigenvalue weighted by molar-refractivity contribution is 9.10. The zero-order chi connectivity index (χ0) is 22.3. The minimum Gasteiger partial charge on any atom is -0.317 e. The molecule has 0 aliphatic rings. The number of nitrogens with one attached hydrogen (secondary N) is 1. The number of fused-ring (bicyclic) bond motifs is 1. The third-order valence-corrected chi connectivity index (χ3v) is 5.94. The molecule has 31 heavy (non-hydrogen) atoms. The van der Waals surface area contributed by atoms with E-state index in [9.17, 15) is 4.79 Å². The van der Waals surface area contributed by atoms with Gasteiger partial charge in [0.15, 0.2) is 0 Å². The first-order chi connectivity index (χ1) is 14.8. The first kappa shape index (κ1) is 21.1. The maximum absolute atomic E-state index is 12.8. The Hall–Kier alpha value is -3.19. The summed E-state index contributed by atoms with van der Waals surface area (Å²) in [6, 6.07) is 12.1. The highest BCUT2D eigenvalue weighted by atomic mass is 79.9. The van der Waals surface area contributed by atoms with Gasteiger partial charge in [-0.15, -0.1) is 0 Å². The van der Waals surface area contributed by atoms with Gasteiger partial charge >= 0.3 is 0 Å². The number of carbonyl (C=O) groups is 1. The molecule has 0 atom stereocenters. The van der Waals surface area contributed by atoms with Gasteiger partial charge < -0.3 is 4.57 Å². The molecule has 0 spiro atoms. The number of aromatic nitrogens is 3. The minimum atomic E-state index is -0.303. The molecule has 0 saturated carbocycles. The van der Waals surface area contributed by atoms with Crippen molar-refractivity contribution in [3.05, 3.63) is 86.5 Å². The van der Waals surface area contributed by atoms with Crippen molar-refractivity contribution in [2.45, 2.75) is 34.6 Å². The first-order valence-electron chi connectivity index (χ1n) is 10.0. The number of hydrazone groups is 1. The summed E-state index contributed by atoms with van der Waals surface area (Å²) < 4.78 is 4.87. The van der Waals surface area contributed by atoms with Crippen molar-refractivity contribution in [2.24, 2.45) is 5.10 Å². The normalized spacial score (nSPS) is 11.5. The van der Waals surface area contributed by atoms with E-state index in [0.717, 1.165) is 21.4 Å². The summed E-state index contributed by atoms with van der Waals surface area (Å²) in [4.78, 5) is 17.3. The predicted octanol–water partition coefficient (Wildman–Crippen LogP) is 5.19. The van der Waals surface area contributed by atoms with Gasteiger partial charge in [-0.25, -0.2) is 10.4 Å². The molecule has 0 saturated heterocycles. The van der Waals surface area contributed by atoms with Crippen LogP contribution in [0.5, 0.6) is 0 Å². The Morgan fingerprint density at radius 2 is 1.81 bits per heavy atom. The van der Waals surface area contributed by atoms with E-state index >= 15 is 0 Å². The van der Waals surface area contributed by atoms with Crippen molar-refractivity contribution in [1.29, 1.82) is 0 Å². The second-order valence-corrected chi connectivity index (χ2v) is 8.64. The number of pyridine rings is 1. The Bertz CT molecular complexity index is 1330. The number of nitrogens with zero attached hydrogens (tertiary/aromatic N) is 4. The number of amides is 1. The van der Waals surface area contributed by atoms with Gasteiger partial charge in [-0.05, 0) is 79.9 Å². The lowest BCUT2D eigenvalue weighted by Crippen LogP contribution is -2.20. The van der Waals surface area contributed by atoms with Crippen LogP contribution in [0.3, 0.4) is 0 Å². The second kappa shape index (κ2) is 8.15. The maximum atomic E-state index is 12.8. The fourth-order valence-corrected chi connectivity index (χ4v) is 4.38. The van der Waals surface area contributed by atoms with E-state index in [2.05, 4.69) is 88.0 Å². The molecule has 1 aromatic carbocycles. The lowest BCUT2D eigenvalue weighted by molar-refractivity contribution is 0.0948. The zero-order valence-electron chi connectivity index (χ0n) is 18.2. The summed E-state index contributed by atoms with van der Waals surface area (Å²) in [5.41, 5.74) is 11.2. The Morgan fingerprint density at radius 3 is 2.52 bits per heavy atom. The maximum Gasteiger partial charge on any atom is 0.290 e. The third-order valence-electron chi connectivity index (χ3n) is 5.47. The van der Waals surface area contributed by atoms with Gasteiger partial charge in [0.05, 0.1) is 17.6 Å². The van der Waals surface area contributed by atoms with Crippen LogP contribution in [0.15, 0.2) is 52.2 Å². The summed E-state index contributed by atoms with van der Waals surface area (Å²) in [6.07, 6.45) is 3.52. The fraction of sp³-hybridized carbons (Fsp3) is 0.208. The Balaban J connectivity index is 1.62. The fourth-order valence-electron chi connectivity index (χ4n) is 4.04. The smallest absolute Gasteiger partial charge is 0.290 e. The molecule has 4 rings (SSSR count). The zero-order valence-corrected chi connectivity index (χ0v) is 19.8. The van der Waals surface area contributed by atoms with E-state index in [1.807, 2.05) is 25.3 Å². The quantitative estimate of drug-likeness (QED) is 0.324. The number of hydrogen-bond donors (Lipinski definition) is 1. The molecule has 0 unspecified atom stereocenters. The average molecular weight is 478 g/mol. The van der Waals surface area contributed by atoms with E-state index in [4.69, 9.17) is 0 Å². The molecule has 0 aliphatic carbocycles. The van der Waals surface area contributed by atoms with Crippen LogP contribution in [0.2, 0.25) is 0 Å². The van der Waals surface area contributed by atoms with Crippen molar-refractivity contribution >= 4 is 33.7 Å². The Morgan fingerprint density at radius 1 is 1.10 bits per heavy atom. The van der Waals surface area contributed by atoms with Crippen LogP contribution in [-0.2, 0) is 0 Å². The number of aryl methyl sites for hydroxylation is 4. The predicted molar refractivity (Wildman–Crippen MR) is 127 cm³/mol. The molecule has 4 aromatic rings. The highest BCUT2D eigenvalue weighted by Crippen LogP contribution is 2.25. The van der Waals surface area contributed by atoms with Gasteiger partial charge in [-0.1, -0.05) is 18.2 Å². The molecule has 0 aliphatic heterocycles. The topological polar surface area (TPSA) is 63.7 Å². The molecule has 0 fully saturated rings. The van der Waals surface area contributed by atoms with Crippen molar-refractivity contribution in [2.75, 3.05) is 0 Å². The van der Waals surface area contributed by atoms with E-state index in [-0.39, 0.29) is 5.91 Å². The molecule has 1 amide bonds. The monoisotopic (exact) mass is 477 g/mol. The lowest BCUT2D eigenvalue weighted by atomic mass is 10.1. The number of para-hydroxylation sites is 1. The summed E-state index contributed by atoms with van der Waals surface area (Å²) in [7, 11) is 0. The van der Waals surface area contributed by atoms with Crippen LogP contribution in [0.1, 0.15) is 44.3 Å². The van der Waals surface area contributed by atoms with Crippen molar-refractivity contribution < 1.29 is 4.79 Å². The van der Waals surface area contributed by atoms with E-state index in [1.165, 1.54) is 16.8 Å². The Labute approximate surface area is 189 Å². The molecule has 0 radical (unpaired) electrons. The summed E-state index contributed by atoms with van der Waals surface area (Å²) in [5, 5.41) is 4.23. The minimum absolute atomic E-state index is 0.303. The number of halogens is 1. The number of hydrogen-bond acceptors (Lipinski definition) is 3. The van der Waals surface area contributed by atoms with Gasteiger partial charge in [-0.2, -0.15) is 5.10 Å². The number of rotatable bonds is 4. The standard InChI is InChI=1S/C24H24BrN5O/c1-14-7-6-8-15(2)22(14)30-16(3)11-19(18(30)5)12-26-28-24(31)23-17(4)27-21-10-9-20(25)13-29(21)23/h6-13H,1-5H3,(H,28,31)/b26-12-.